The summed E-state index contributed by atoms with van der Waals surface area (Å²) in [4.78, 5) is 4.28. The maximum Gasteiger partial charge on any atom is 0.195 e. The van der Waals surface area contributed by atoms with Gasteiger partial charge in [-0.05, 0) is 30.2 Å². The number of rotatable bonds is 5. The van der Waals surface area contributed by atoms with E-state index in [1.807, 2.05) is 36.4 Å². The minimum absolute atomic E-state index is 0. The minimum atomic E-state index is 0. The minimum Gasteiger partial charge on any atom is -0.496 e. The van der Waals surface area contributed by atoms with Crippen molar-refractivity contribution in [2.45, 2.75) is 12.8 Å². The van der Waals surface area contributed by atoms with Crippen LogP contribution in [0.5, 0.6) is 17.2 Å². The van der Waals surface area contributed by atoms with Gasteiger partial charge in [0.25, 0.3) is 0 Å². The Bertz CT molecular complexity index is 768. The summed E-state index contributed by atoms with van der Waals surface area (Å²) in [6.45, 7) is 2.10. The number of hydrogen-bond acceptors (Lipinski definition) is 4. The summed E-state index contributed by atoms with van der Waals surface area (Å²) >= 11 is 0. The Labute approximate surface area is 177 Å². The molecule has 0 saturated carbocycles. The molecule has 1 heterocycles. The van der Waals surface area contributed by atoms with Crippen LogP contribution in [0.25, 0.3) is 0 Å². The van der Waals surface area contributed by atoms with Crippen LogP contribution in [0.15, 0.2) is 47.5 Å². The standard InChI is InChI=1S/C20H25N3O3.HI/c1-21-20(22-11-10-15-6-3-4-7-17(15)24-2)23-16-8-9-18-19(14-16)26-13-5-12-25-18;/h3-4,6-9,14H,5,10-13H2,1-2H3,(H2,21,22,23);1H. The van der Waals surface area contributed by atoms with E-state index in [2.05, 4.69) is 21.7 Å². The molecule has 0 amide bonds. The van der Waals surface area contributed by atoms with E-state index in [0.29, 0.717) is 19.2 Å². The number of nitrogens with zero attached hydrogens (tertiary/aromatic N) is 1. The molecule has 2 aromatic rings. The number of halogens is 1. The largest absolute Gasteiger partial charge is 0.496 e. The third kappa shape index (κ3) is 5.92. The average molecular weight is 483 g/mol. The normalized spacial score (nSPS) is 13.2. The number of hydrogen-bond donors (Lipinski definition) is 2. The van der Waals surface area contributed by atoms with Gasteiger partial charge in [-0.15, -0.1) is 24.0 Å². The Morgan fingerprint density at radius 3 is 2.67 bits per heavy atom. The summed E-state index contributed by atoms with van der Waals surface area (Å²) in [7, 11) is 3.44. The zero-order valence-electron chi connectivity index (χ0n) is 15.7. The van der Waals surface area contributed by atoms with Crippen molar-refractivity contribution in [2.24, 2.45) is 4.99 Å². The van der Waals surface area contributed by atoms with Gasteiger partial charge in [0, 0.05) is 31.8 Å². The summed E-state index contributed by atoms with van der Waals surface area (Å²) < 4.78 is 16.8. The van der Waals surface area contributed by atoms with Crippen LogP contribution in [0.4, 0.5) is 5.69 Å². The first-order valence-electron chi connectivity index (χ1n) is 8.79. The molecule has 146 valence electrons. The number of benzene rings is 2. The predicted octanol–water partition coefficient (Wildman–Crippen LogP) is 3.70. The van der Waals surface area contributed by atoms with E-state index in [1.54, 1.807) is 14.2 Å². The number of methoxy groups -OCH3 is 1. The molecule has 27 heavy (non-hydrogen) atoms. The maximum atomic E-state index is 5.73. The lowest BCUT2D eigenvalue weighted by molar-refractivity contribution is 0.297. The number of guanidine groups is 1. The molecule has 3 rings (SSSR count). The predicted molar refractivity (Wildman–Crippen MR) is 119 cm³/mol. The fraction of sp³-hybridized carbons (Fsp3) is 0.350. The second-order valence-corrected chi connectivity index (χ2v) is 5.90. The van der Waals surface area contributed by atoms with Crippen LogP contribution in [-0.4, -0.2) is 39.9 Å². The molecule has 7 heteroatoms. The number of fused-ring (bicyclic) bond motifs is 1. The topological polar surface area (TPSA) is 64.1 Å². The fourth-order valence-electron chi connectivity index (χ4n) is 2.78. The first kappa shape index (κ1) is 21.1. The molecule has 1 aliphatic rings. The molecule has 0 saturated heterocycles. The lowest BCUT2D eigenvalue weighted by atomic mass is 10.1. The Hall–Kier alpha value is -2.16. The highest BCUT2D eigenvalue weighted by atomic mass is 127. The third-order valence-electron chi connectivity index (χ3n) is 4.11. The van der Waals surface area contributed by atoms with Crippen LogP contribution in [-0.2, 0) is 6.42 Å². The van der Waals surface area contributed by atoms with Crippen molar-refractivity contribution in [1.82, 2.24) is 5.32 Å². The molecule has 2 N–H and O–H groups in total. The van der Waals surface area contributed by atoms with Crippen molar-refractivity contribution < 1.29 is 14.2 Å². The van der Waals surface area contributed by atoms with Gasteiger partial charge in [0.1, 0.15) is 5.75 Å². The molecule has 1 aliphatic heterocycles. The highest BCUT2D eigenvalue weighted by Gasteiger charge is 2.11. The summed E-state index contributed by atoms with van der Waals surface area (Å²) in [5.41, 5.74) is 2.06. The summed E-state index contributed by atoms with van der Waals surface area (Å²) in [5, 5.41) is 6.61. The van der Waals surface area contributed by atoms with Crippen molar-refractivity contribution in [3.05, 3.63) is 48.0 Å². The molecule has 0 aliphatic carbocycles. The van der Waals surface area contributed by atoms with Crippen LogP contribution < -0.4 is 24.8 Å². The number of nitrogens with one attached hydrogen (secondary N) is 2. The van der Waals surface area contributed by atoms with Crippen LogP contribution in [0.2, 0.25) is 0 Å². The highest BCUT2D eigenvalue weighted by molar-refractivity contribution is 14.0. The number of anilines is 1. The van der Waals surface area contributed by atoms with E-state index >= 15 is 0 Å². The van der Waals surface area contributed by atoms with Gasteiger partial charge in [-0.25, -0.2) is 0 Å². The van der Waals surface area contributed by atoms with Gasteiger partial charge < -0.3 is 24.8 Å². The van der Waals surface area contributed by atoms with Gasteiger partial charge in [0.2, 0.25) is 0 Å². The quantitative estimate of drug-likeness (QED) is 0.386. The summed E-state index contributed by atoms with van der Waals surface area (Å²) in [5.74, 6) is 3.15. The Kier molecular flexibility index (Phi) is 8.50. The molecule has 6 nitrogen and oxygen atoms in total. The molecule has 2 aromatic carbocycles. The number of ether oxygens (including phenoxy) is 3. The molecule has 0 fully saturated rings. The van der Waals surface area contributed by atoms with Gasteiger partial charge >= 0.3 is 0 Å². The van der Waals surface area contributed by atoms with E-state index in [1.165, 1.54) is 0 Å². The molecule has 0 aromatic heterocycles. The van der Waals surface area contributed by atoms with Crippen LogP contribution in [0.1, 0.15) is 12.0 Å². The molecular formula is C20H26IN3O3. The zero-order valence-corrected chi connectivity index (χ0v) is 18.0. The van der Waals surface area contributed by atoms with Crippen LogP contribution >= 0.6 is 24.0 Å². The van der Waals surface area contributed by atoms with Crippen molar-refractivity contribution in [3.8, 4) is 17.2 Å². The Morgan fingerprint density at radius 1 is 1.11 bits per heavy atom. The molecule has 0 spiro atoms. The monoisotopic (exact) mass is 483 g/mol. The number of para-hydroxylation sites is 1. The van der Waals surface area contributed by atoms with E-state index in [9.17, 15) is 0 Å². The average Bonchev–Trinajstić information content (AvgIpc) is 2.92. The first-order chi connectivity index (χ1) is 12.8. The number of aliphatic imine (C=N–C) groups is 1. The first-order valence-corrected chi connectivity index (χ1v) is 8.79. The zero-order chi connectivity index (χ0) is 18.2. The lowest BCUT2D eigenvalue weighted by Gasteiger charge is -2.14. The van der Waals surface area contributed by atoms with Crippen molar-refractivity contribution in [2.75, 3.05) is 39.2 Å². The Morgan fingerprint density at radius 2 is 1.89 bits per heavy atom. The summed E-state index contributed by atoms with van der Waals surface area (Å²) in [6.07, 6.45) is 1.73. The van der Waals surface area contributed by atoms with Crippen LogP contribution in [0, 0.1) is 0 Å². The van der Waals surface area contributed by atoms with Crippen LogP contribution in [0.3, 0.4) is 0 Å². The van der Waals surface area contributed by atoms with E-state index in [4.69, 9.17) is 14.2 Å². The third-order valence-corrected chi connectivity index (χ3v) is 4.11. The van der Waals surface area contributed by atoms with E-state index in [0.717, 1.165) is 47.9 Å². The molecule has 0 unspecified atom stereocenters. The van der Waals surface area contributed by atoms with Gasteiger partial charge in [-0.1, -0.05) is 18.2 Å². The van der Waals surface area contributed by atoms with E-state index in [-0.39, 0.29) is 24.0 Å². The lowest BCUT2D eigenvalue weighted by Crippen LogP contribution is -2.32. The van der Waals surface area contributed by atoms with Gasteiger partial charge in [0.05, 0.1) is 20.3 Å². The summed E-state index contributed by atoms with van der Waals surface area (Å²) in [6, 6.07) is 13.9. The maximum absolute atomic E-state index is 5.73. The van der Waals surface area contributed by atoms with Crippen molar-refractivity contribution >= 4 is 35.6 Å². The van der Waals surface area contributed by atoms with Crippen molar-refractivity contribution in [3.63, 3.8) is 0 Å². The molecular weight excluding hydrogens is 457 g/mol. The van der Waals surface area contributed by atoms with Gasteiger partial charge in [-0.3, -0.25) is 4.99 Å². The molecule has 0 radical (unpaired) electrons. The highest BCUT2D eigenvalue weighted by Crippen LogP contribution is 2.32. The van der Waals surface area contributed by atoms with E-state index < -0.39 is 0 Å². The van der Waals surface area contributed by atoms with Gasteiger partial charge in [0.15, 0.2) is 17.5 Å². The smallest absolute Gasteiger partial charge is 0.195 e. The van der Waals surface area contributed by atoms with Crippen molar-refractivity contribution in [1.29, 1.82) is 0 Å². The second kappa shape index (κ2) is 10.9. The molecule has 0 atom stereocenters. The Balaban J connectivity index is 0.00000261. The molecule has 0 bridgehead atoms. The SMILES string of the molecule is CN=C(NCCc1ccccc1OC)Nc1ccc2c(c1)OCCCO2.I. The van der Waals surface area contributed by atoms with Gasteiger partial charge in [-0.2, -0.15) is 0 Å². The second-order valence-electron chi connectivity index (χ2n) is 5.90. The fourth-order valence-corrected chi connectivity index (χ4v) is 2.78.